The number of carbonyl (C=O) groups excluding carboxylic acids is 1. The van der Waals surface area contributed by atoms with Crippen molar-refractivity contribution in [2.45, 2.75) is 6.54 Å². The highest BCUT2D eigenvalue weighted by molar-refractivity contribution is 5.91. The standard InChI is InChI=1S/C15H13N3O6/c1-24-15(19)10-6-7-12(14(8-10)18(22)23)16-9-11-4-2-3-5-13(11)17(20)21/h2-8,16H,9H2,1H3. The number of nitrogens with one attached hydrogen (secondary N) is 1. The number of carbonyl (C=O) groups is 1. The van der Waals surface area contributed by atoms with Gasteiger partial charge in [-0.15, -0.1) is 0 Å². The minimum absolute atomic E-state index is 0.0234. The van der Waals surface area contributed by atoms with Crippen molar-refractivity contribution in [3.63, 3.8) is 0 Å². The summed E-state index contributed by atoms with van der Waals surface area (Å²) < 4.78 is 4.53. The minimum atomic E-state index is -0.691. The molecule has 124 valence electrons. The van der Waals surface area contributed by atoms with E-state index in [9.17, 15) is 25.0 Å². The highest BCUT2D eigenvalue weighted by atomic mass is 16.6. The molecule has 0 aliphatic rings. The predicted molar refractivity (Wildman–Crippen MR) is 84.9 cm³/mol. The monoisotopic (exact) mass is 331 g/mol. The highest BCUT2D eigenvalue weighted by Gasteiger charge is 2.19. The molecule has 0 unspecified atom stereocenters. The molecule has 0 aliphatic carbocycles. The van der Waals surface area contributed by atoms with Gasteiger partial charge < -0.3 is 10.1 Å². The lowest BCUT2D eigenvalue weighted by molar-refractivity contribution is -0.385. The van der Waals surface area contributed by atoms with Crippen molar-refractivity contribution in [2.75, 3.05) is 12.4 Å². The third-order valence-electron chi connectivity index (χ3n) is 3.27. The fourth-order valence-corrected chi connectivity index (χ4v) is 2.11. The topological polar surface area (TPSA) is 125 Å². The summed E-state index contributed by atoms with van der Waals surface area (Å²) in [6, 6.07) is 9.91. The van der Waals surface area contributed by atoms with Crippen LogP contribution in [0.1, 0.15) is 15.9 Å². The SMILES string of the molecule is COC(=O)c1ccc(NCc2ccccc2[N+](=O)[O-])c([N+](=O)[O-])c1. The van der Waals surface area contributed by atoms with Gasteiger partial charge in [-0.1, -0.05) is 18.2 Å². The summed E-state index contributed by atoms with van der Waals surface area (Å²) in [4.78, 5) is 32.4. The Labute approximate surface area is 136 Å². The summed E-state index contributed by atoms with van der Waals surface area (Å²) in [5.74, 6) is -0.691. The Balaban J connectivity index is 2.29. The first kappa shape index (κ1) is 16.9. The fraction of sp³-hybridized carbons (Fsp3) is 0.133. The van der Waals surface area contributed by atoms with Gasteiger partial charge in [0.15, 0.2) is 0 Å². The number of rotatable bonds is 6. The summed E-state index contributed by atoms with van der Waals surface area (Å²) in [7, 11) is 1.18. The Morgan fingerprint density at radius 3 is 2.38 bits per heavy atom. The molecule has 0 atom stereocenters. The van der Waals surface area contributed by atoms with Gasteiger partial charge in [0.25, 0.3) is 11.4 Å². The summed E-state index contributed by atoms with van der Waals surface area (Å²) >= 11 is 0. The molecule has 0 radical (unpaired) electrons. The Kier molecular flexibility index (Phi) is 5.05. The van der Waals surface area contributed by atoms with Crippen LogP contribution in [0, 0.1) is 20.2 Å². The van der Waals surface area contributed by atoms with Crippen LogP contribution in [-0.2, 0) is 11.3 Å². The van der Waals surface area contributed by atoms with E-state index in [0.717, 1.165) is 6.07 Å². The first-order valence-corrected chi connectivity index (χ1v) is 6.77. The Morgan fingerprint density at radius 2 is 1.75 bits per heavy atom. The van der Waals surface area contributed by atoms with Gasteiger partial charge in [0, 0.05) is 24.2 Å². The van der Waals surface area contributed by atoms with Gasteiger partial charge in [0.2, 0.25) is 0 Å². The number of esters is 1. The van der Waals surface area contributed by atoms with Crippen LogP contribution in [0.5, 0.6) is 0 Å². The molecular weight excluding hydrogens is 318 g/mol. The van der Waals surface area contributed by atoms with Crippen molar-refractivity contribution in [3.8, 4) is 0 Å². The van der Waals surface area contributed by atoms with Crippen molar-refractivity contribution in [1.82, 2.24) is 0 Å². The molecule has 9 nitrogen and oxygen atoms in total. The second-order valence-electron chi connectivity index (χ2n) is 4.72. The first-order chi connectivity index (χ1) is 11.4. The molecule has 0 amide bonds. The van der Waals surface area contributed by atoms with E-state index in [1.807, 2.05) is 0 Å². The number of nitro benzene ring substituents is 2. The average molecular weight is 331 g/mol. The Morgan fingerprint density at radius 1 is 1.08 bits per heavy atom. The third kappa shape index (κ3) is 3.64. The number of anilines is 1. The van der Waals surface area contributed by atoms with Crippen LogP contribution in [0.15, 0.2) is 42.5 Å². The normalized spacial score (nSPS) is 10.0. The maximum atomic E-state index is 11.5. The van der Waals surface area contributed by atoms with E-state index in [-0.39, 0.29) is 29.2 Å². The molecule has 1 N–H and O–H groups in total. The number of benzene rings is 2. The zero-order valence-electron chi connectivity index (χ0n) is 12.6. The van der Waals surface area contributed by atoms with Crippen molar-refractivity contribution >= 4 is 23.0 Å². The molecule has 2 rings (SSSR count). The molecular formula is C15H13N3O6. The fourth-order valence-electron chi connectivity index (χ4n) is 2.11. The number of ether oxygens (including phenoxy) is 1. The van der Waals surface area contributed by atoms with E-state index in [4.69, 9.17) is 0 Å². The maximum absolute atomic E-state index is 11.5. The lowest BCUT2D eigenvalue weighted by Crippen LogP contribution is -2.07. The first-order valence-electron chi connectivity index (χ1n) is 6.77. The third-order valence-corrected chi connectivity index (χ3v) is 3.27. The van der Waals surface area contributed by atoms with Crippen molar-refractivity contribution in [3.05, 3.63) is 73.8 Å². The molecule has 0 heterocycles. The van der Waals surface area contributed by atoms with Crippen LogP contribution >= 0.6 is 0 Å². The molecule has 0 saturated carbocycles. The molecule has 9 heteroatoms. The molecule has 0 aliphatic heterocycles. The van der Waals surface area contributed by atoms with Crippen molar-refractivity contribution in [1.29, 1.82) is 0 Å². The molecule has 0 aromatic heterocycles. The van der Waals surface area contributed by atoms with Crippen LogP contribution in [0.2, 0.25) is 0 Å². The van der Waals surface area contributed by atoms with Crippen molar-refractivity contribution < 1.29 is 19.4 Å². The maximum Gasteiger partial charge on any atom is 0.338 e. The summed E-state index contributed by atoms with van der Waals surface area (Å²) in [6.45, 7) is 0.0234. The number of methoxy groups -OCH3 is 1. The second-order valence-corrected chi connectivity index (χ2v) is 4.72. The second kappa shape index (κ2) is 7.18. The van der Waals surface area contributed by atoms with E-state index in [1.165, 1.54) is 31.4 Å². The predicted octanol–water partition coefficient (Wildman–Crippen LogP) is 2.90. The Bertz CT molecular complexity index is 806. The average Bonchev–Trinajstić information content (AvgIpc) is 2.59. The highest BCUT2D eigenvalue weighted by Crippen LogP contribution is 2.27. The number of nitrogens with zero attached hydrogens (tertiary/aromatic N) is 2. The van der Waals surface area contributed by atoms with Gasteiger partial charge in [-0.25, -0.2) is 4.79 Å². The molecule has 0 bridgehead atoms. The Hall–Kier alpha value is -3.49. The van der Waals surface area contributed by atoms with Crippen LogP contribution in [0.25, 0.3) is 0 Å². The zero-order valence-corrected chi connectivity index (χ0v) is 12.6. The molecule has 0 saturated heterocycles. The number of para-hydroxylation sites is 1. The van der Waals surface area contributed by atoms with Gasteiger partial charge in [-0.05, 0) is 12.1 Å². The lowest BCUT2D eigenvalue weighted by Gasteiger charge is -2.09. The van der Waals surface area contributed by atoms with Gasteiger partial charge in [0.05, 0.1) is 22.5 Å². The van der Waals surface area contributed by atoms with E-state index in [0.29, 0.717) is 5.56 Å². The van der Waals surface area contributed by atoms with Crippen LogP contribution in [0.4, 0.5) is 17.1 Å². The van der Waals surface area contributed by atoms with Gasteiger partial charge >= 0.3 is 5.97 Å². The summed E-state index contributed by atoms with van der Waals surface area (Å²) in [6.07, 6.45) is 0. The molecule has 2 aromatic rings. The van der Waals surface area contributed by atoms with E-state index < -0.39 is 15.8 Å². The number of nitro groups is 2. The van der Waals surface area contributed by atoms with Gasteiger partial charge in [0.1, 0.15) is 5.69 Å². The number of hydrogen-bond donors (Lipinski definition) is 1. The molecule has 0 spiro atoms. The minimum Gasteiger partial charge on any atom is -0.465 e. The molecule has 0 fully saturated rings. The van der Waals surface area contributed by atoms with Crippen LogP contribution < -0.4 is 5.32 Å². The summed E-state index contributed by atoms with van der Waals surface area (Å²) in [5.41, 5.74) is 0.162. The van der Waals surface area contributed by atoms with E-state index in [2.05, 4.69) is 10.1 Å². The smallest absolute Gasteiger partial charge is 0.338 e. The largest absolute Gasteiger partial charge is 0.465 e. The molecule has 24 heavy (non-hydrogen) atoms. The van der Waals surface area contributed by atoms with E-state index >= 15 is 0 Å². The van der Waals surface area contributed by atoms with Gasteiger partial charge in [-0.3, -0.25) is 20.2 Å². The number of hydrogen-bond acceptors (Lipinski definition) is 7. The zero-order chi connectivity index (χ0) is 17.7. The summed E-state index contributed by atoms with van der Waals surface area (Å²) in [5, 5.41) is 24.9. The lowest BCUT2D eigenvalue weighted by atomic mass is 10.1. The molecule has 2 aromatic carbocycles. The van der Waals surface area contributed by atoms with Crippen LogP contribution in [0.3, 0.4) is 0 Å². The quantitative estimate of drug-likeness (QED) is 0.490. The van der Waals surface area contributed by atoms with Crippen LogP contribution in [-0.4, -0.2) is 22.9 Å². The van der Waals surface area contributed by atoms with E-state index in [1.54, 1.807) is 12.1 Å². The van der Waals surface area contributed by atoms with Gasteiger partial charge in [-0.2, -0.15) is 0 Å². The van der Waals surface area contributed by atoms with Crippen molar-refractivity contribution in [2.24, 2.45) is 0 Å².